The highest BCUT2D eigenvalue weighted by molar-refractivity contribution is 9.11. The molecule has 1 aromatic heterocycles. The molecule has 1 aromatic rings. The summed E-state index contributed by atoms with van der Waals surface area (Å²) >= 11 is 6.21. The maximum atomic E-state index is 11.4. The second kappa shape index (κ2) is 9.08. The number of ether oxygens (including phenoxy) is 1. The number of halogens is 2. The van der Waals surface area contributed by atoms with Crippen LogP contribution in [0.2, 0.25) is 0 Å². The van der Waals surface area contributed by atoms with E-state index < -0.39 is 5.97 Å². The Bertz CT molecular complexity index is 434. The van der Waals surface area contributed by atoms with Crippen LogP contribution in [0, 0.1) is 0 Å². The predicted octanol–water partition coefficient (Wildman–Crippen LogP) is 3.22. The minimum absolute atomic E-state index is 0.136. The summed E-state index contributed by atoms with van der Waals surface area (Å²) < 4.78 is 5.67. The van der Waals surface area contributed by atoms with Gasteiger partial charge >= 0.3 is 5.97 Å². The summed E-state index contributed by atoms with van der Waals surface area (Å²) in [7, 11) is 0. The Kier molecular flexibility index (Phi) is 7.73. The molecule has 0 aliphatic rings. The topological polar surface area (TPSA) is 77.3 Å². The smallest absolute Gasteiger partial charge is 0.349 e. The number of hydrogen-bond donors (Lipinski definition) is 0. The summed E-state index contributed by atoms with van der Waals surface area (Å²) in [5.41, 5.74) is 0. The molecule has 0 saturated heterocycles. The first-order chi connectivity index (χ1) is 9.11. The monoisotopic (exact) mass is 392 g/mol. The lowest BCUT2D eigenvalue weighted by atomic mass is 10.2. The average molecular weight is 394 g/mol. The number of esters is 1. The summed E-state index contributed by atoms with van der Waals surface area (Å²) in [5.74, 6) is -0.360. The van der Waals surface area contributed by atoms with Gasteiger partial charge in [0.15, 0.2) is 0 Å². The van der Waals surface area contributed by atoms with Crippen molar-refractivity contribution in [3.8, 4) is 0 Å². The third kappa shape index (κ3) is 7.31. The molecule has 0 bridgehead atoms. The van der Waals surface area contributed by atoms with Crippen LogP contribution in [0.25, 0.3) is 0 Å². The number of aliphatic imine (C=N–C) groups is 1. The van der Waals surface area contributed by atoms with Crippen LogP contribution in [-0.2, 0) is 9.53 Å². The van der Waals surface area contributed by atoms with Gasteiger partial charge in [0.25, 0.3) is 5.95 Å². The molecule has 0 spiro atoms. The van der Waals surface area contributed by atoms with E-state index in [1.165, 1.54) is 0 Å². The van der Waals surface area contributed by atoms with E-state index >= 15 is 0 Å². The van der Waals surface area contributed by atoms with Gasteiger partial charge in [-0.15, -0.1) is 0 Å². The van der Waals surface area contributed by atoms with E-state index in [9.17, 15) is 4.79 Å². The predicted molar refractivity (Wildman–Crippen MR) is 78.5 cm³/mol. The lowest BCUT2D eigenvalue weighted by molar-refractivity contribution is -0.135. The van der Waals surface area contributed by atoms with Gasteiger partial charge in [0, 0.05) is 0 Å². The molecular formula is C11H14Br2N4O2. The van der Waals surface area contributed by atoms with Crippen LogP contribution < -0.4 is 0 Å². The molecule has 0 amide bonds. The van der Waals surface area contributed by atoms with Crippen LogP contribution in [0.1, 0.15) is 32.6 Å². The first-order valence-electron chi connectivity index (χ1n) is 5.89. The van der Waals surface area contributed by atoms with Gasteiger partial charge in [-0.1, -0.05) is 26.2 Å². The highest BCUT2D eigenvalue weighted by Gasteiger charge is 2.02. The highest BCUT2D eigenvalue weighted by atomic mass is 79.9. The Balaban J connectivity index is 2.36. The zero-order valence-corrected chi connectivity index (χ0v) is 13.6. The van der Waals surface area contributed by atoms with Crippen molar-refractivity contribution in [2.75, 3.05) is 6.61 Å². The summed E-state index contributed by atoms with van der Waals surface area (Å²) in [4.78, 5) is 26.8. The van der Waals surface area contributed by atoms with Gasteiger partial charge in [0.05, 0.1) is 6.61 Å². The largest absolute Gasteiger partial charge is 0.461 e. The Hall–Kier alpha value is -0.890. The van der Waals surface area contributed by atoms with Crippen molar-refractivity contribution in [1.82, 2.24) is 15.0 Å². The van der Waals surface area contributed by atoms with E-state index in [-0.39, 0.29) is 5.95 Å². The number of nitrogens with zero attached hydrogens (tertiary/aromatic N) is 4. The fourth-order valence-electron chi connectivity index (χ4n) is 1.22. The van der Waals surface area contributed by atoms with Crippen molar-refractivity contribution in [3.63, 3.8) is 0 Å². The minimum Gasteiger partial charge on any atom is -0.461 e. The van der Waals surface area contributed by atoms with Gasteiger partial charge in [-0.3, -0.25) is 0 Å². The molecule has 1 rings (SSSR count). The Morgan fingerprint density at radius 2 is 1.89 bits per heavy atom. The molecule has 0 saturated carbocycles. The van der Waals surface area contributed by atoms with Crippen molar-refractivity contribution in [2.45, 2.75) is 32.6 Å². The molecule has 0 atom stereocenters. The first-order valence-corrected chi connectivity index (χ1v) is 7.48. The van der Waals surface area contributed by atoms with Crippen molar-refractivity contribution < 1.29 is 9.53 Å². The third-order valence-corrected chi connectivity index (χ3v) is 2.81. The lowest BCUT2D eigenvalue weighted by Gasteiger charge is -2.00. The maximum absolute atomic E-state index is 11.4. The quantitative estimate of drug-likeness (QED) is 0.403. The van der Waals surface area contributed by atoms with E-state index in [1.807, 2.05) is 0 Å². The van der Waals surface area contributed by atoms with Crippen molar-refractivity contribution in [3.05, 3.63) is 9.47 Å². The Morgan fingerprint density at radius 3 is 2.53 bits per heavy atom. The number of unbranched alkanes of at least 4 members (excludes halogenated alkanes) is 3. The molecule has 0 unspecified atom stereocenters. The van der Waals surface area contributed by atoms with Crippen LogP contribution >= 0.6 is 31.9 Å². The zero-order valence-electron chi connectivity index (χ0n) is 10.5. The van der Waals surface area contributed by atoms with Crippen molar-refractivity contribution >= 4 is 50.0 Å². The molecule has 0 radical (unpaired) electrons. The number of hydrogen-bond acceptors (Lipinski definition) is 6. The third-order valence-electron chi connectivity index (χ3n) is 2.10. The molecular weight excluding hydrogens is 380 g/mol. The molecule has 0 fully saturated rings. The molecule has 19 heavy (non-hydrogen) atoms. The van der Waals surface area contributed by atoms with Crippen LogP contribution in [0.15, 0.2) is 14.5 Å². The Morgan fingerprint density at radius 1 is 1.21 bits per heavy atom. The average Bonchev–Trinajstić information content (AvgIpc) is 2.35. The number of carbonyl (C=O) groups is 1. The van der Waals surface area contributed by atoms with Gasteiger partial charge in [-0.25, -0.2) is 9.79 Å². The number of rotatable bonds is 7. The molecule has 0 aliphatic carbocycles. The zero-order chi connectivity index (χ0) is 14.1. The van der Waals surface area contributed by atoms with Gasteiger partial charge in [-0.05, 0) is 38.3 Å². The van der Waals surface area contributed by atoms with Crippen LogP contribution in [-0.4, -0.2) is 33.7 Å². The van der Waals surface area contributed by atoms with Gasteiger partial charge in [0.2, 0.25) is 9.47 Å². The molecule has 0 aromatic carbocycles. The van der Waals surface area contributed by atoms with Crippen LogP contribution in [0.5, 0.6) is 0 Å². The van der Waals surface area contributed by atoms with Gasteiger partial charge in [0.1, 0.15) is 6.21 Å². The molecule has 0 N–H and O–H groups in total. The second-order valence-electron chi connectivity index (χ2n) is 3.66. The number of carbonyl (C=O) groups excluding carboxylic acids is 1. The SMILES string of the molecule is CCCCCCOC(=O)C=Nc1nc(Br)nc(Br)n1. The Labute approximate surface area is 128 Å². The summed E-state index contributed by atoms with van der Waals surface area (Å²) in [6.07, 6.45) is 5.30. The standard InChI is InChI=1S/C11H14Br2N4O2/c1-2-3-4-5-6-19-8(18)7-14-11-16-9(12)15-10(13)17-11/h7H,2-6H2,1H3. The lowest BCUT2D eigenvalue weighted by Crippen LogP contribution is -2.07. The van der Waals surface area contributed by atoms with E-state index in [0.717, 1.165) is 31.9 Å². The van der Waals surface area contributed by atoms with Crippen LogP contribution in [0.3, 0.4) is 0 Å². The summed E-state index contributed by atoms with van der Waals surface area (Å²) in [6.45, 7) is 2.54. The fourth-order valence-corrected chi connectivity index (χ4v) is 2.11. The molecule has 1 heterocycles. The molecule has 104 valence electrons. The van der Waals surface area contributed by atoms with E-state index in [2.05, 4.69) is 58.7 Å². The molecule has 6 nitrogen and oxygen atoms in total. The minimum atomic E-state index is -0.496. The van der Waals surface area contributed by atoms with Crippen LogP contribution in [0.4, 0.5) is 5.95 Å². The van der Waals surface area contributed by atoms with Crippen molar-refractivity contribution in [1.29, 1.82) is 0 Å². The fraction of sp³-hybridized carbons (Fsp3) is 0.545. The molecule has 8 heteroatoms. The van der Waals surface area contributed by atoms with E-state index in [1.54, 1.807) is 0 Å². The van der Waals surface area contributed by atoms with Gasteiger partial charge in [-0.2, -0.15) is 15.0 Å². The highest BCUT2D eigenvalue weighted by Crippen LogP contribution is 2.12. The second-order valence-corrected chi connectivity index (χ2v) is 5.08. The normalized spacial score (nSPS) is 10.9. The molecule has 0 aliphatic heterocycles. The summed E-state index contributed by atoms with van der Waals surface area (Å²) in [6, 6.07) is 0. The van der Waals surface area contributed by atoms with E-state index in [0.29, 0.717) is 16.1 Å². The van der Waals surface area contributed by atoms with E-state index in [4.69, 9.17) is 4.74 Å². The summed E-state index contributed by atoms with van der Waals surface area (Å²) in [5, 5.41) is 0. The maximum Gasteiger partial charge on any atom is 0.349 e. The first kappa shape index (κ1) is 16.2. The number of aromatic nitrogens is 3. The van der Waals surface area contributed by atoms with Crippen molar-refractivity contribution in [2.24, 2.45) is 4.99 Å². The van der Waals surface area contributed by atoms with Gasteiger partial charge < -0.3 is 4.74 Å².